The van der Waals surface area contributed by atoms with Crippen LogP contribution in [0.3, 0.4) is 0 Å². The predicted molar refractivity (Wildman–Crippen MR) is 184 cm³/mol. The maximum absolute atomic E-state index is 14.3. The molecule has 1 N–H and O–H groups in total. The van der Waals surface area contributed by atoms with Crippen molar-refractivity contribution in [2.75, 3.05) is 12.4 Å². The van der Waals surface area contributed by atoms with Crippen molar-refractivity contribution in [2.45, 2.75) is 19.5 Å². The van der Waals surface area contributed by atoms with E-state index in [2.05, 4.69) is 28.2 Å². The number of anilines is 1. The second-order valence-electron chi connectivity index (χ2n) is 11.0. The molecule has 228 valence electrons. The summed E-state index contributed by atoms with van der Waals surface area (Å²) in [5.41, 5.74) is 5.23. The lowest BCUT2D eigenvalue weighted by Crippen LogP contribution is -2.40. The monoisotopic (exact) mass is 644 g/mol. The molecule has 3 heterocycles. The van der Waals surface area contributed by atoms with E-state index in [1.165, 1.54) is 11.3 Å². The molecule has 7 nitrogen and oxygen atoms in total. The number of nitrogens with zero attached hydrogens (tertiary/aromatic N) is 3. The molecule has 0 fully saturated rings. The van der Waals surface area contributed by atoms with E-state index in [9.17, 15) is 9.59 Å². The van der Waals surface area contributed by atoms with E-state index in [-0.39, 0.29) is 11.5 Å². The minimum absolute atomic E-state index is 0.214. The third-order valence-electron chi connectivity index (χ3n) is 8.08. The minimum Gasteiger partial charge on any atom is -0.497 e. The number of nitrogens with one attached hydrogen (secondary N) is 1. The van der Waals surface area contributed by atoms with Gasteiger partial charge in [0.25, 0.3) is 11.5 Å². The highest BCUT2D eigenvalue weighted by atomic mass is 35.5. The Hall–Kier alpha value is -5.18. The smallest absolute Gasteiger partial charge is 0.271 e. The van der Waals surface area contributed by atoms with Gasteiger partial charge in [-0.2, -0.15) is 0 Å². The maximum atomic E-state index is 14.3. The van der Waals surface area contributed by atoms with E-state index in [1.807, 2.05) is 104 Å². The zero-order chi connectivity index (χ0) is 31.8. The number of aromatic nitrogens is 2. The average Bonchev–Trinajstić information content (AvgIpc) is 3.56. The minimum atomic E-state index is -0.683. The van der Waals surface area contributed by atoms with Crippen molar-refractivity contribution < 1.29 is 9.53 Å². The van der Waals surface area contributed by atoms with E-state index in [4.69, 9.17) is 21.3 Å². The molecule has 1 aliphatic rings. The van der Waals surface area contributed by atoms with Crippen molar-refractivity contribution in [2.24, 2.45) is 4.99 Å². The van der Waals surface area contributed by atoms with Crippen molar-refractivity contribution in [3.63, 3.8) is 0 Å². The highest BCUT2D eigenvalue weighted by Gasteiger charge is 2.32. The number of hydrogen-bond donors (Lipinski definition) is 1. The van der Waals surface area contributed by atoms with Gasteiger partial charge in [0.15, 0.2) is 4.80 Å². The van der Waals surface area contributed by atoms with Crippen LogP contribution in [0.1, 0.15) is 29.7 Å². The van der Waals surface area contributed by atoms with Crippen molar-refractivity contribution in [3.8, 4) is 5.75 Å². The van der Waals surface area contributed by atoms with Gasteiger partial charge in [-0.15, -0.1) is 0 Å². The first-order chi connectivity index (χ1) is 22.4. The number of amides is 1. The predicted octanol–water partition coefficient (Wildman–Crippen LogP) is 6.54. The third-order valence-corrected chi connectivity index (χ3v) is 9.30. The number of thiazole rings is 1. The molecule has 2 aromatic heterocycles. The fourth-order valence-electron chi connectivity index (χ4n) is 5.93. The van der Waals surface area contributed by atoms with Gasteiger partial charge in [-0.1, -0.05) is 83.6 Å². The SMILES string of the molecule is COc1ccc([C@@H]2C(C(=O)Nc3ccccc3)=C(C)N=c3s/c(=C/c4cn(Cc5cccc(Cl)c5)c5ccccc45)c(=O)n32)cc1. The lowest BCUT2D eigenvalue weighted by atomic mass is 9.95. The number of para-hydroxylation sites is 2. The number of allylic oxidation sites excluding steroid dienone is 1. The molecule has 0 bridgehead atoms. The van der Waals surface area contributed by atoms with E-state index in [1.54, 1.807) is 11.7 Å². The van der Waals surface area contributed by atoms with Crippen LogP contribution >= 0.6 is 22.9 Å². The standard InChI is InChI=1S/C37H29ClN4O3S/c1-23-33(35(43)40-28-11-4-3-5-12-28)34(25-15-17-29(45-2)18-16-25)42-36(44)32(46-37(42)39-23)20-26-22-41(31-14-7-6-13-30(26)31)21-24-9-8-10-27(38)19-24/h3-20,22,34H,21H2,1-2H3,(H,40,43)/b32-20+/t34-/m1/s1. The van der Waals surface area contributed by atoms with Gasteiger partial charge in [-0.3, -0.25) is 14.2 Å². The molecular weight excluding hydrogens is 616 g/mol. The summed E-state index contributed by atoms with van der Waals surface area (Å²) in [7, 11) is 1.60. The average molecular weight is 645 g/mol. The molecule has 0 aliphatic carbocycles. The van der Waals surface area contributed by atoms with Crippen molar-refractivity contribution in [1.29, 1.82) is 0 Å². The number of halogens is 1. The van der Waals surface area contributed by atoms with Crippen LogP contribution in [-0.4, -0.2) is 22.2 Å². The molecule has 0 saturated heterocycles. The van der Waals surface area contributed by atoms with Gasteiger partial charge in [0.2, 0.25) is 0 Å². The number of rotatable bonds is 7. The Balaban J connectivity index is 1.36. The van der Waals surface area contributed by atoms with Crippen molar-refractivity contribution in [1.82, 2.24) is 9.13 Å². The lowest BCUT2D eigenvalue weighted by Gasteiger charge is -2.25. The highest BCUT2D eigenvalue weighted by Crippen LogP contribution is 2.32. The Morgan fingerprint density at radius 2 is 1.76 bits per heavy atom. The molecule has 1 atom stereocenters. The summed E-state index contributed by atoms with van der Waals surface area (Å²) in [4.78, 5) is 33.5. The third kappa shape index (κ3) is 5.57. The first-order valence-corrected chi connectivity index (χ1v) is 15.9. The van der Waals surface area contributed by atoms with Gasteiger partial charge >= 0.3 is 0 Å². The maximum Gasteiger partial charge on any atom is 0.271 e. The number of carbonyl (C=O) groups excluding carboxylic acids is 1. The molecule has 7 rings (SSSR count). The van der Waals surface area contributed by atoms with E-state index < -0.39 is 6.04 Å². The van der Waals surface area contributed by atoms with Gasteiger partial charge < -0.3 is 14.6 Å². The quantitative estimate of drug-likeness (QED) is 0.214. The summed E-state index contributed by atoms with van der Waals surface area (Å²) < 4.78 is 9.72. The number of hydrogen-bond acceptors (Lipinski definition) is 5. The Labute approximate surface area is 274 Å². The number of carbonyl (C=O) groups is 1. The first kappa shape index (κ1) is 29.5. The van der Waals surface area contributed by atoms with Crippen LogP contribution in [0.5, 0.6) is 5.75 Å². The topological polar surface area (TPSA) is 77.6 Å². The van der Waals surface area contributed by atoms with Gasteiger partial charge in [0.1, 0.15) is 5.75 Å². The lowest BCUT2D eigenvalue weighted by molar-refractivity contribution is -0.113. The number of fused-ring (bicyclic) bond motifs is 2. The second-order valence-corrected chi connectivity index (χ2v) is 12.5. The highest BCUT2D eigenvalue weighted by molar-refractivity contribution is 7.07. The molecule has 9 heteroatoms. The summed E-state index contributed by atoms with van der Waals surface area (Å²) >= 11 is 7.58. The van der Waals surface area contributed by atoms with E-state index >= 15 is 0 Å². The Bertz CT molecular complexity index is 2320. The van der Waals surface area contributed by atoms with Gasteiger partial charge in [-0.05, 0) is 66.6 Å². The molecule has 1 amide bonds. The molecular formula is C37H29ClN4O3S. The van der Waals surface area contributed by atoms with Gasteiger partial charge in [0.05, 0.1) is 29.0 Å². The normalized spacial score (nSPS) is 14.7. The van der Waals surface area contributed by atoms with Crippen LogP contribution in [0.15, 0.2) is 130 Å². The number of benzene rings is 4. The van der Waals surface area contributed by atoms with Crippen LogP contribution in [0.4, 0.5) is 5.69 Å². The van der Waals surface area contributed by atoms with Crippen LogP contribution in [-0.2, 0) is 11.3 Å². The van der Waals surface area contributed by atoms with Crippen molar-refractivity contribution >= 4 is 51.5 Å². The summed E-state index contributed by atoms with van der Waals surface area (Å²) in [6, 6.07) is 32.0. The van der Waals surface area contributed by atoms with E-state index in [0.29, 0.717) is 43.6 Å². The molecule has 46 heavy (non-hydrogen) atoms. The zero-order valence-electron chi connectivity index (χ0n) is 25.1. The summed E-state index contributed by atoms with van der Waals surface area (Å²) in [5.74, 6) is 0.368. The summed E-state index contributed by atoms with van der Waals surface area (Å²) in [6.07, 6.45) is 3.99. The number of methoxy groups -OCH3 is 1. The van der Waals surface area contributed by atoms with Crippen LogP contribution in [0.2, 0.25) is 5.02 Å². The second kappa shape index (κ2) is 12.3. The van der Waals surface area contributed by atoms with Crippen LogP contribution in [0, 0.1) is 0 Å². The molecule has 0 radical (unpaired) electrons. The summed E-state index contributed by atoms with van der Waals surface area (Å²) in [5, 5.41) is 4.71. The van der Waals surface area contributed by atoms with Crippen LogP contribution < -0.4 is 24.9 Å². The first-order valence-electron chi connectivity index (χ1n) is 14.7. The molecule has 4 aromatic carbocycles. The molecule has 6 aromatic rings. The largest absolute Gasteiger partial charge is 0.497 e. The summed E-state index contributed by atoms with van der Waals surface area (Å²) in [6.45, 7) is 2.45. The fourth-order valence-corrected chi connectivity index (χ4v) is 7.18. The number of ether oxygens (including phenoxy) is 1. The molecule has 0 saturated carbocycles. The Morgan fingerprint density at radius 3 is 2.52 bits per heavy atom. The van der Waals surface area contributed by atoms with Gasteiger partial charge in [0, 0.05) is 39.9 Å². The van der Waals surface area contributed by atoms with Crippen molar-refractivity contribution in [3.05, 3.63) is 162 Å². The Morgan fingerprint density at radius 1 is 1.00 bits per heavy atom. The molecule has 1 aliphatic heterocycles. The molecule has 0 spiro atoms. The zero-order valence-corrected chi connectivity index (χ0v) is 26.7. The van der Waals surface area contributed by atoms with Crippen LogP contribution in [0.25, 0.3) is 17.0 Å². The molecule has 0 unspecified atom stereocenters. The van der Waals surface area contributed by atoms with E-state index in [0.717, 1.165) is 27.6 Å². The fraction of sp³-hybridized carbons (Fsp3) is 0.108. The van der Waals surface area contributed by atoms with Gasteiger partial charge in [-0.25, -0.2) is 4.99 Å². The Kier molecular flexibility index (Phi) is 7.90.